The number of carbonyl (C=O) groups excluding carboxylic acids is 1. The van der Waals surface area contributed by atoms with Crippen LogP contribution in [0, 0.1) is 17.2 Å². The van der Waals surface area contributed by atoms with Crippen LogP contribution in [0.1, 0.15) is 48.5 Å². The molecule has 3 rings (SSSR count). The van der Waals surface area contributed by atoms with E-state index in [2.05, 4.69) is 13.0 Å². The fourth-order valence-electron chi connectivity index (χ4n) is 3.30. The highest BCUT2D eigenvalue weighted by molar-refractivity contribution is 5.97. The number of methoxy groups -OCH3 is 1. The van der Waals surface area contributed by atoms with Gasteiger partial charge in [0, 0.05) is 5.39 Å². The molecule has 2 aromatic carbocycles. The summed E-state index contributed by atoms with van der Waals surface area (Å²) in [6, 6.07) is 11.2. The molecule has 24 heavy (non-hydrogen) atoms. The van der Waals surface area contributed by atoms with Gasteiger partial charge in [0.1, 0.15) is 17.4 Å². The zero-order chi connectivity index (χ0) is 17.1. The number of nitriles is 1. The van der Waals surface area contributed by atoms with Crippen molar-refractivity contribution in [2.45, 2.75) is 38.7 Å². The summed E-state index contributed by atoms with van der Waals surface area (Å²) in [5.74, 6) is 1.01. The summed E-state index contributed by atoms with van der Waals surface area (Å²) in [4.78, 5) is 11.7. The molecule has 0 aliphatic heterocycles. The van der Waals surface area contributed by atoms with E-state index in [1.807, 2.05) is 12.1 Å². The van der Waals surface area contributed by atoms with Gasteiger partial charge in [0.25, 0.3) is 0 Å². The van der Waals surface area contributed by atoms with Crippen molar-refractivity contribution in [3.05, 3.63) is 41.5 Å². The van der Waals surface area contributed by atoms with Gasteiger partial charge in [-0.15, -0.1) is 0 Å². The molecule has 0 atom stereocenters. The van der Waals surface area contributed by atoms with Crippen LogP contribution in [-0.2, 0) is 4.74 Å². The SMILES string of the molecule is COC(=O)c1ccc2c(C#N)c(O[C@H]3CC[C@@H](C)CC3)ccc2c1. The van der Waals surface area contributed by atoms with E-state index in [9.17, 15) is 10.1 Å². The Kier molecular flexibility index (Phi) is 4.71. The maximum Gasteiger partial charge on any atom is 0.337 e. The second-order valence-electron chi connectivity index (χ2n) is 6.48. The van der Waals surface area contributed by atoms with Gasteiger partial charge in [-0.3, -0.25) is 0 Å². The van der Waals surface area contributed by atoms with Gasteiger partial charge in [-0.2, -0.15) is 5.26 Å². The first kappa shape index (κ1) is 16.3. The van der Waals surface area contributed by atoms with Crippen molar-refractivity contribution < 1.29 is 14.3 Å². The van der Waals surface area contributed by atoms with Crippen molar-refractivity contribution in [2.75, 3.05) is 7.11 Å². The second-order valence-corrected chi connectivity index (χ2v) is 6.48. The monoisotopic (exact) mass is 323 g/mol. The van der Waals surface area contributed by atoms with E-state index in [0.29, 0.717) is 16.9 Å². The normalized spacial score (nSPS) is 20.4. The minimum atomic E-state index is -0.382. The highest BCUT2D eigenvalue weighted by Crippen LogP contribution is 2.32. The predicted molar refractivity (Wildman–Crippen MR) is 92.1 cm³/mol. The minimum Gasteiger partial charge on any atom is -0.489 e. The van der Waals surface area contributed by atoms with Crippen LogP contribution in [0.25, 0.3) is 10.8 Å². The molecule has 1 aliphatic carbocycles. The van der Waals surface area contributed by atoms with E-state index >= 15 is 0 Å². The summed E-state index contributed by atoms with van der Waals surface area (Å²) in [5, 5.41) is 11.2. The molecule has 1 aliphatic rings. The van der Waals surface area contributed by atoms with Gasteiger partial charge in [-0.05, 0) is 55.2 Å². The average Bonchev–Trinajstić information content (AvgIpc) is 2.62. The summed E-state index contributed by atoms with van der Waals surface area (Å²) < 4.78 is 10.9. The van der Waals surface area contributed by atoms with Crippen molar-refractivity contribution in [3.8, 4) is 11.8 Å². The van der Waals surface area contributed by atoms with Gasteiger partial charge in [0.15, 0.2) is 0 Å². The fourth-order valence-corrected chi connectivity index (χ4v) is 3.30. The van der Waals surface area contributed by atoms with Crippen molar-refractivity contribution in [3.63, 3.8) is 0 Å². The Balaban J connectivity index is 1.92. The largest absolute Gasteiger partial charge is 0.489 e. The molecule has 4 heteroatoms. The molecule has 0 bridgehead atoms. The number of esters is 1. The number of rotatable bonds is 3. The predicted octanol–water partition coefficient (Wildman–Crippen LogP) is 4.46. The summed E-state index contributed by atoms with van der Waals surface area (Å²) in [6.07, 6.45) is 4.59. The Labute approximate surface area is 142 Å². The molecule has 4 nitrogen and oxygen atoms in total. The van der Waals surface area contributed by atoms with Crippen molar-refractivity contribution in [1.29, 1.82) is 5.26 Å². The van der Waals surface area contributed by atoms with Gasteiger partial charge < -0.3 is 9.47 Å². The summed E-state index contributed by atoms with van der Waals surface area (Å²) >= 11 is 0. The Morgan fingerprint density at radius 3 is 2.58 bits per heavy atom. The van der Waals surface area contributed by atoms with Crippen LogP contribution in [-0.4, -0.2) is 19.2 Å². The molecule has 0 unspecified atom stereocenters. The maximum absolute atomic E-state index is 11.7. The lowest BCUT2D eigenvalue weighted by Crippen LogP contribution is -2.23. The first-order valence-corrected chi connectivity index (χ1v) is 8.34. The van der Waals surface area contributed by atoms with Crippen LogP contribution in [0.4, 0.5) is 0 Å². The lowest BCUT2D eigenvalue weighted by atomic mass is 9.89. The van der Waals surface area contributed by atoms with Crippen molar-refractivity contribution >= 4 is 16.7 Å². The van der Waals surface area contributed by atoms with Crippen LogP contribution in [0.3, 0.4) is 0 Å². The Bertz CT molecular complexity index is 798. The average molecular weight is 323 g/mol. The van der Waals surface area contributed by atoms with Gasteiger partial charge in [-0.1, -0.05) is 19.1 Å². The molecular formula is C20H21NO3. The van der Waals surface area contributed by atoms with E-state index in [1.54, 1.807) is 18.2 Å². The molecule has 0 aromatic heterocycles. The molecule has 2 aromatic rings. The second kappa shape index (κ2) is 6.92. The van der Waals surface area contributed by atoms with Crippen LogP contribution < -0.4 is 4.74 Å². The lowest BCUT2D eigenvalue weighted by Gasteiger charge is -2.27. The fraction of sp³-hybridized carbons (Fsp3) is 0.400. The molecule has 1 fully saturated rings. The topological polar surface area (TPSA) is 59.3 Å². The number of carbonyl (C=O) groups is 1. The molecular weight excluding hydrogens is 302 g/mol. The van der Waals surface area contributed by atoms with Crippen LogP contribution in [0.15, 0.2) is 30.3 Å². The van der Waals surface area contributed by atoms with Crippen molar-refractivity contribution in [1.82, 2.24) is 0 Å². The molecule has 0 spiro atoms. The van der Waals surface area contributed by atoms with E-state index in [1.165, 1.54) is 20.0 Å². The van der Waals surface area contributed by atoms with E-state index in [4.69, 9.17) is 9.47 Å². The maximum atomic E-state index is 11.7. The first-order chi connectivity index (χ1) is 11.6. The number of fused-ring (bicyclic) bond motifs is 1. The highest BCUT2D eigenvalue weighted by Gasteiger charge is 2.21. The van der Waals surface area contributed by atoms with Gasteiger partial charge in [0.2, 0.25) is 0 Å². The van der Waals surface area contributed by atoms with E-state index in [-0.39, 0.29) is 12.1 Å². The molecule has 0 N–H and O–H groups in total. The van der Waals surface area contributed by atoms with Gasteiger partial charge in [0.05, 0.1) is 18.8 Å². The number of ether oxygens (including phenoxy) is 2. The summed E-state index contributed by atoms with van der Waals surface area (Å²) in [7, 11) is 1.36. The van der Waals surface area contributed by atoms with Crippen molar-refractivity contribution in [2.24, 2.45) is 5.92 Å². The third kappa shape index (κ3) is 3.21. The number of hydrogen-bond acceptors (Lipinski definition) is 4. The zero-order valence-electron chi connectivity index (χ0n) is 14.0. The Morgan fingerprint density at radius 1 is 1.17 bits per heavy atom. The van der Waals surface area contributed by atoms with Gasteiger partial charge >= 0.3 is 5.97 Å². The smallest absolute Gasteiger partial charge is 0.337 e. The highest BCUT2D eigenvalue weighted by atomic mass is 16.5. The van der Waals surface area contributed by atoms with E-state index < -0.39 is 0 Å². The third-order valence-corrected chi connectivity index (χ3v) is 4.77. The first-order valence-electron chi connectivity index (χ1n) is 8.34. The van der Waals surface area contributed by atoms with Crippen LogP contribution in [0.5, 0.6) is 5.75 Å². The quantitative estimate of drug-likeness (QED) is 0.783. The number of hydrogen-bond donors (Lipinski definition) is 0. The molecule has 0 radical (unpaired) electrons. The molecule has 0 amide bonds. The standard InChI is InChI=1S/C20H21NO3/c1-13-3-7-16(8-4-13)24-19-10-6-14-11-15(20(22)23-2)5-9-17(14)18(19)12-21/h5-6,9-11,13,16H,3-4,7-8H2,1-2H3/t13-,16+. The molecule has 1 saturated carbocycles. The molecule has 0 saturated heterocycles. The Morgan fingerprint density at radius 2 is 1.92 bits per heavy atom. The minimum absolute atomic E-state index is 0.181. The lowest BCUT2D eigenvalue weighted by molar-refractivity contribution is 0.0601. The van der Waals surface area contributed by atoms with E-state index in [0.717, 1.165) is 29.5 Å². The number of benzene rings is 2. The van der Waals surface area contributed by atoms with Crippen LogP contribution >= 0.6 is 0 Å². The van der Waals surface area contributed by atoms with Crippen LogP contribution in [0.2, 0.25) is 0 Å². The number of nitrogens with zero attached hydrogens (tertiary/aromatic N) is 1. The summed E-state index contributed by atoms with van der Waals surface area (Å²) in [6.45, 7) is 2.27. The molecule has 124 valence electrons. The molecule has 0 heterocycles. The summed E-state index contributed by atoms with van der Waals surface area (Å²) in [5.41, 5.74) is 1.01. The van der Waals surface area contributed by atoms with Gasteiger partial charge in [-0.25, -0.2) is 4.79 Å². The third-order valence-electron chi connectivity index (χ3n) is 4.77. The zero-order valence-corrected chi connectivity index (χ0v) is 14.0. The Hall–Kier alpha value is -2.54.